The Hall–Kier alpha value is -2.87. The monoisotopic (exact) mass is 409 g/mol. The maximum absolute atomic E-state index is 12.1. The summed E-state index contributed by atoms with van der Waals surface area (Å²) >= 11 is 0. The summed E-state index contributed by atoms with van der Waals surface area (Å²) in [4.78, 5) is 41.1. The van der Waals surface area contributed by atoms with Crippen LogP contribution in [0, 0.1) is 0 Å². The van der Waals surface area contributed by atoms with Crippen molar-refractivity contribution in [2.24, 2.45) is 0 Å². The second-order valence-electron chi connectivity index (χ2n) is 6.03. The molecule has 2 aromatic rings. The molecule has 2 rings (SSSR count). The van der Waals surface area contributed by atoms with Gasteiger partial charge in [0.2, 0.25) is 5.91 Å². The van der Waals surface area contributed by atoms with Gasteiger partial charge in [-0.1, -0.05) is 36.4 Å². The number of hydrogen-bond donors (Lipinski definition) is 5. The van der Waals surface area contributed by atoms with E-state index in [1.807, 2.05) is 30.3 Å². The number of aryl methyl sites for hydroxylation is 1. The Kier molecular flexibility index (Phi) is 7.17. The normalized spacial score (nSPS) is 12.2. The third kappa shape index (κ3) is 7.03. The van der Waals surface area contributed by atoms with Gasteiger partial charge in [-0.3, -0.25) is 14.6 Å². The fourth-order valence-corrected chi connectivity index (χ4v) is 2.91. The molecule has 0 fully saturated rings. The van der Waals surface area contributed by atoms with E-state index in [9.17, 15) is 24.4 Å². The van der Waals surface area contributed by atoms with Crippen molar-refractivity contribution in [2.75, 3.05) is 0 Å². The van der Waals surface area contributed by atoms with Crippen LogP contribution in [0.2, 0.25) is 0 Å². The maximum atomic E-state index is 12.1. The fraction of sp³-hybridized carbons (Fsp3) is 0.222. The Labute approximate surface area is 160 Å². The molecule has 0 aliphatic carbocycles. The number of phosphoric acid groups is 1. The average molecular weight is 409 g/mol. The number of carbonyl (C=O) groups is 2. The van der Waals surface area contributed by atoms with Crippen molar-refractivity contribution in [2.45, 2.75) is 25.3 Å². The molecule has 0 saturated heterocycles. The van der Waals surface area contributed by atoms with Gasteiger partial charge in [0.1, 0.15) is 6.04 Å². The van der Waals surface area contributed by atoms with Crippen molar-refractivity contribution in [1.29, 1.82) is 0 Å². The number of nitrogens with one attached hydrogen (secondary N) is 1. The van der Waals surface area contributed by atoms with Gasteiger partial charge in [-0.2, -0.15) is 0 Å². The Morgan fingerprint density at radius 3 is 2.32 bits per heavy atom. The minimum atomic E-state index is -4.84. The number of carbonyl (C=O) groups excluding carboxylic acids is 1. The van der Waals surface area contributed by atoms with Gasteiger partial charge in [-0.25, -0.2) is 9.36 Å². The van der Waals surface area contributed by atoms with Gasteiger partial charge in [-0.15, -0.1) is 0 Å². The molecule has 5 N–H and O–H groups in total. The van der Waals surface area contributed by atoms with Crippen LogP contribution in [-0.2, 0) is 27.0 Å². The molecule has 1 unspecified atom stereocenters. The Bertz CT molecular complexity index is 880. The van der Waals surface area contributed by atoms with E-state index in [1.54, 1.807) is 0 Å². The summed E-state index contributed by atoms with van der Waals surface area (Å²) in [6, 6.07) is 11.6. The lowest BCUT2D eigenvalue weighted by Crippen LogP contribution is -2.42. The van der Waals surface area contributed by atoms with Crippen LogP contribution in [0.25, 0.3) is 0 Å². The molecule has 0 aliphatic rings. The minimum absolute atomic E-state index is 0.119. The van der Waals surface area contributed by atoms with Gasteiger partial charge in [0, 0.05) is 12.8 Å². The smallest absolute Gasteiger partial charge is 0.504 e. The molecule has 0 spiro atoms. The molecule has 0 saturated carbocycles. The average Bonchev–Trinajstić information content (AvgIpc) is 2.61. The first kappa shape index (κ1) is 21.4. The Morgan fingerprint density at radius 2 is 1.75 bits per heavy atom. The zero-order valence-corrected chi connectivity index (χ0v) is 15.6. The number of carboxylic acids is 1. The second-order valence-corrected chi connectivity index (χ2v) is 7.20. The lowest BCUT2D eigenvalue weighted by Gasteiger charge is -2.16. The van der Waals surface area contributed by atoms with Crippen LogP contribution in [0.15, 0.2) is 48.5 Å². The zero-order chi connectivity index (χ0) is 20.7. The molecule has 10 heteroatoms. The number of phenols is 1. The van der Waals surface area contributed by atoms with E-state index in [0.717, 1.165) is 17.7 Å². The molecule has 0 heterocycles. The zero-order valence-electron chi connectivity index (χ0n) is 14.7. The molecule has 0 radical (unpaired) electrons. The number of rotatable bonds is 9. The number of phosphoric ester groups is 1. The van der Waals surface area contributed by atoms with E-state index in [4.69, 9.17) is 9.79 Å². The van der Waals surface area contributed by atoms with Crippen molar-refractivity contribution < 1.29 is 38.7 Å². The number of phenolic OH excluding ortho intramolecular Hbond substituents is 1. The van der Waals surface area contributed by atoms with E-state index in [-0.39, 0.29) is 12.8 Å². The van der Waals surface area contributed by atoms with Crippen LogP contribution >= 0.6 is 7.82 Å². The van der Waals surface area contributed by atoms with Crippen LogP contribution in [0.4, 0.5) is 0 Å². The number of amides is 1. The highest BCUT2D eigenvalue weighted by Crippen LogP contribution is 2.41. The van der Waals surface area contributed by atoms with Crippen LogP contribution in [0.1, 0.15) is 17.5 Å². The van der Waals surface area contributed by atoms with Gasteiger partial charge in [0.25, 0.3) is 0 Å². The SMILES string of the molecule is O=C(CCc1ccccc1)NC(Cc1ccc(OP(=O)(O)O)c(O)c1)C(=O)O. The first-order valence-corrected chi connectivity index (χ1v) is 9.80. The summed E-state index contributed by atoms with van der Waals surface area (Å²) in [5.41, 5.74) is 1.29. The van der Waals surface area contributed by atoms with Crippen LogP contribution < -0.4 is 9.84 Å². The third-order valence-electron chi connectivity index (χ3n) is 3.80. The largest absolute Gasteiger partial charge is 0.524 e. The van der Waals surface area contributed by atoms with Crippen molar-refractivity contribution in [3.63, 3.8) is 0 Å². The molecule has 28 heavy (non-hydrogen) atoms. The highest BCUT2D eigenvalue weighted by molar-refractivity contribution is 7.46. The standard InChI is InChI=1S/C18H20NO8P/c20-15-11-13(6-8-16(15)27-28(24,25)26)10-14(18(22)23)19-17(21)9-7-12-4-2-1-3-5-12/h1-6,8,11,14,20H,7,9-10H2,(H,19,21)(H,22,23)(H2,24,25,26). The van der Waals surface area contributed by atoms with E-state index >= 15 is 0 Å². The predicted octanol–water partition coefficient (Wildman–Crippen LogP) is 1.61. The summed E-state index contributed by atoms with van der Waals surface area (Å²) in [5, 5.41) is 21.6. The summed E-state index contributed by atoms with van der Waals surface area (Å²) in [5.74, 6) is -2.67. The number of carboxylic acid groups (broad SMARTS) is 1. The van der Waals surface area contributed by atoms with Crippen molar-refractivity contribution in [1.82, 2.24) is 5.32 Å². The van der Waals surface area contributed by atoms with E-state index in [2.05, 4.69) is 9.84 Å². The first-order valence-electron chi connectivity index (χ1n) is 8.27. The van der Waals surface area contributed by atoms with Gasteiger partial charge >= 0.3 is 13.8 Å². The molecule has 0 aromatic heterocycles. The second kappa shape index (κ2) is 9.36. The minimum Gasteiger partial charge on any atom is -0.504 e. The highest BCUT2D eigenvalue weighted by atomic mass is 31.2. The van der Waals surface area contributed by atoms with Crippen LogP contribution in [0.5, 0.6) is 11.5 Å². The van der Waals surface area contributed by atoms with E-state index < -0.39 is 37.2 Å². The molecular formula is C18H20NO8P. The lowest BCUT2D eigenvalue weighted by molar-refractivity contribution is -0.141. The van der Waals surface area contributed by atoms with Gasteiger partial charge in [0.15, 0.2) is 11.5 Å². The highest BCUT2D eigenvalue weighted by Gasteiger charge is 2.22. The van der Waals surface area contributed by atoms with Crippen molar-refractivity contribution in [3.05, 3.63) is 59.7 Å². The topological polar surface area (TPSA) is 153 Å². The van der Waals surface area contributed by atoms with Gasteiger partial charge in [0.05, 0.1) is 0 Å². The molecule has 0 bridgehead atoms. The summed E-state index contributed by atoms with van der Waals surface area (Å²) in [7, 11) is -4.84. The predicted molar refractivity (Wildman–Crippen MR) is 98.8 cm³/mol. The number of benzene rings is 2. The molecule has 1 atom stereocenters. The van der Waals surface area contributed by atoms with Gasteiger partial charge in [-0.05, 0) is 29.7 Å². The van der Waals surface area contributed by atoms with E-state index in [0.29, 0.717) is 12.0 Å². The molecule has 9 nitrogen and oxygen atoms in total. The third-order valence-corrected chi connectivity index (χ3v) is 4.23. The molecular weight excluding hydrogens is 389 g/mol. The number of hydrogen-bond acceptors (Lipinski definition) is 5. The quantitative estimate of drug-likeness (QED) is 0.392. The van der Waals surface area contributed by atoms with Crippen molar-refractivity contribution in [3.8, 4) is 11.5 Å². The summed E-state index contributed by atoms with van der Waals surface area (Å²) < 4.78 is 15.1. The van der Waals surface area contributed by atoms with E-state index in [1.165, 1.54) is 6.07 Å². The van der Waals surface area contributed by atoms with Gasteiger partial charge < -0.3 is 20.1 Å². The Balaban J connectivity index is 1.98. The number of aromatic hydroxyl groups is 1. The number of aliphatic carboxylic acids is 1. The Morgan fingerprint density at radius 1 is 1.07 bits per heavy atom. The first-order chi connectivity index (χ1) is 13.1. The van der Waals surface area contributed by atoms with Crippen LogP contribution in [0.3, 0.4) is 0 Å². The van der Waals surface area contributed by atoms with Crippen molar-refractivity contribution >= 4 is 19.7 Å². The molecule has 0 aliphatic heterocycles. The molecule has 150 valence electrons. The molecule has 1 amide bonds. The lowest BCUT2D eigenvalue weighted by atomic mass is 10.0. The summed E-state index contributed by atoms with van der Waals surface area (Å²) in [6.07, 6.45) is 0.457. The fourth-order valence-electron chi connectivity index (χ4n) is 2.50. The molecule has 2 aromatic carbocycles. The van der Waals surface area contributed by atoms with Crippen LogP contribution in [-0.4, -0.2) is 37.9 Å². The maximum Gasteiger partial charge on any atom is 0.524 e. The summed E-state index contributed by atoms with van der Waals surface area (Å²) in [6.45, 7) is 0.